The highest BCUT2D eigenvalue weighted by Gasteiger charge is 2.16. The Morgan fingerprint density at radius 1 is 0.441 bits per heavy atom. The zero-order chi connectivity index (χ0) is 23.3. The Morgan fingerprint density at radius 3 is 1.24 bits per heavy atom. The van der Waals surface area contributed by atoms with E-state index in [9.17, 15) is 0 Å². The molecular formula is C34H38. The molecule has 3 aromatic rings. The summed E-state index contributed by atoms with van der Waals surface area (Å²) in [5.41, 5.74) is 13.6. The molecule has 0 saturated heterocycles. The number of hydrogen-bond acceptors (Lipinski definition) is 0. The molecule has 34 heavy (non-hydrogen) atoms. The van der Waals surface area contributed by atoms with Gasteiger partial charge in [-0.25, -0.2) is 0 Å². The summed E-state index contributed by atoms with van der Waals surface area (Å²) in [6, 6.07) is 22.6. The number of hydrogen-bond donors (Lipinski definition) is 0. The number of benzene rings is 3. The minimum absolute atomic E-state index is 1.15. The van der Waals surface area contributed by atoms with E-state index >= 15 is 0 Å². The molecule has 2 aliphatic carbocycles. The van der Waals surface area contributed by atoms with E-state index < -0.39 is 0 Å². The number of rotatable bonds is 4. The maximum absolute atomic E-state index is 4.54. The van der Waals surface area contributed by atoms with Crippen molar-refractivity contribution in [3.05, 3.63) is 118 Å². The maximum Gasteiger partial charge on any atom is -0.0149 e. The largest absolute Gasteiger partial charge is 0.0905 e. The summed E-state index contributed by atoms with van der Waals surface area (Å²) in [6.07, 6.45) is 15.4. The molecule has 5 rings (SSSR count). The first-order valence-electron chi connectivity index (χ1n) is 13.4. The van der Waals surface area contributed by atoms with E-state index in [0.29, 0.717) is 0 Å². The van der Waals surface area contributed by atoms with Crippen molar-refractivity contribution >= 4 is 11.1 Å². The fourth-order valence-electron chi connectivity index (χ4n) is 6.02. The second kappa shape index (κ2) is 10.6. The fraction of sp³-hybridized carbons (Fsp3) is 0.353. The molecule has 174 valence electrons. The Bertz CT molecular complexity index is 1080. The van der Waals surface area contributed by atoms with Gasteiger partial charge < -0.3 is 0 Å². The first-order valence-corrected chi connectivity index (χ1v) is 13.4. The summed E-state index contributed by atoms with van der Waals surface area (Å²) in [7, 11) is 0. The molecule has 0 bridgehead atoms. The van der Waals surface area contributed by atoms with Crippen LogP contribution in [0, 0.1) is 0 Å². The SMILES string of the molecule is C=C(c1ccc(C(=C)c2cccc3c2CCCCCC3)cc1)c1cccc2c1CCCCCC2. The molecule has 0 N–H and O–H groups in total. The molecule has 0 aliphatic heterocycles. The third-order valence-corrected chi connectivity index (χ3v) is 8.02. The number of fused-ring (bicyclic) bond motifs is 2. The van der Waals surface area contributed by atoms with Crippen LogP contribution in [0.3, 0.4) is 0 Å². The lowest BCUT2D eigenvalue weighted by molar-refractivity contribution is 0.616. The van der Waals surface area contributed by atoms with Gasteiger partial charge in [0.1, 0.15) is 0 Å². The normalized spacial score (nSPS) is 16.2. The molecule has 0 unspecified atom stereocenters. The van der Waals surface area contributed by atoms with E-state index in [4.69, 9.17) is 0 Å². The first kappa shape index (κ1) is 22.9. The van der Waals surface area contributed by atoms with E-state index in [1.54, 1.807) is 0 Å². The van der Waals surface area contributed by atoms with Crippen LogP contribution >= 0.6 is 0 Å². The minimum atomic E-state index is 1.15. The van der Waals surface area contributed by atoms with Crippen LogP contribution in [-0.2, 0) is 25.7 Å². The summed E-state index contributed by atoms with van der Waals surface area (Å²) < 4.78 is 0. The Hall–Kier alpha value is -2.86. The summed E-state index contributed by atoms with van der Waals surface area (Å²) in [4.78, 5) is 0. The van der Waals surface area contributed by atoms with Crippen molar-refractivity contribution in [3.8, 4) is 0 Å². The predicted molar refractivity (Wildman–Crippen MR) is 147 cm³/mol. The molecule has 0 heteroatoms. The predicted octanol–water partition coefficient (Wildman–Crippen LogP) is 9.13. The summed E-state index contributed by atoms with van der Waals surface area (Å²) in [5.74, 6) is 0. The minimum Gasteiger partial charge on any atom is -0.0905 e. The van der Waals surface area contributed by atoms with Crippen molar-refractivity contribution < 1.29 is 0 Å². The van der Waals surface area contributed by atoms with Gasteiger partial charge in [-0.1, -0.05) is 99.5 Å². The van der Waals surface area contributed by atoms with Gasteiger partial charge in [0.15, 0.2) is 0 Å². The Kier molecular flexibility index (Phi) is 7.14. The average Bonchev–Trinajstić information content (AvgIpc) is 2.83. The average molecular weight is 447 g/mol. The molecule has 2 aliphatic rings. The lowest BCUT2D eigenvalue weighted by atomic mass is 9.84. The van der Waals surface area contributed by atoms with E-state index in [0.717, 1.165) is 11.1 Å². The second-order valence-electron chi connectivity index (χ2n) is 10.2. The van der Waals surface area contributed by atoms with Crippen LogP contribution in [0.5, 0.6) is 0 Å². The summed E-state index contributed by atoms with van der Waals surface area (Å²) in [6.45, 7) is 9.09. The molecule has 0 saturated carbocycles. The highest BCUT2D eigenvalue weighted by atomic mass is 14.2. The molecule has 0 spiro atoms. The van der Waals surface area contributed by atoms with Crippen molar-refractivity contribution in [1.82, 2.24) is 0 Å². The topological polar surface area (TPSA) is 0 Å². The van der Waals surface area contributed by atoms with Gasteiger partial charge in [-0.15, -0.1) is 0 Å². The third kappa shape index (κ3) is 4.83. The van der Waals surface area contributed by atoms with Gasteiger partial charge in [0, 0.05) is 0 Å². The van der Waals surface area contributed by atoms with Crippen LogP contribution in [-0.4, -0.2) is 0 Å². The van der Waals surface area contributed by atoms with Gasteiger partial charge in [-0.3, -0.25) is 0 Å². The molecule has 0 atom stereocenters. The van der Waals surface area contributed by atoms with Gasteiger partial charge in [0.25, 0.3) is 0 Å². The lowest BCUT2D eigenvalue weighted by Crippen LogP contribution is -2.04. The van der Waals surface area contributed by atoms with Crippen molar-refractivity contribution in [3.63, 3.8) is 0 Å². The lowest BCUT2D eigenvalue weighted by Gasteiger charge is -2.20. The van der Waals surface area contributed by atoms with Crippen LogP contribution in [0.1, 0.15) is 95.9 Å². The molecule has 0 amide bonds. The standard InChI is InChI=1S/C34H38/c1-25(31-19-11-15-29-13-7-3-5-9-17-33(29)31)27-21-23-28(24-22-27)26(2)32-20-12-16-30-14-8-4-6-10-18-34(30)32/h11-12,15-16,19-24H,1-10,13-14,17-18H2. The molecule has 0 fully saturated rings. The van der Waals surface area contributed by atoms with Crippen molar-refractivity contribution in [1.29, 1.82) is 0 Å². The van der Waals surface area contributed by atoms with Gasteiger partial charge in [-0.05, 0) is 107 Å². The second-order valence-corrected chi connectivity index (χ2v) is 10.2. The van der Waals surface area contributed by atoms with Crippen LogP contribution in [0.2, 0.25) is 0 Å². The monoisotopic (exact) mass is 446 g/mol. The van der Waals surface area contributed by atoms with Gasteiger partial charge in [0.2, 0.25) is 0 Å². The zero-order valence-corrected chi connectivity index (χ0v) is 20.7. The quantitative estimate of drug-likeness (QED) is 0.375. The number of aryl methyl sites for hydroxylation is 2. The van der Waals surface area contributed by atoms with Crippen LogP contribution in [0.4, 0.5) is 0 Å². The van der Waals surface area contributed by atoms with Gasteiger partial charge in [0.05, 0.1) is 0 Å². The van der Waals surface area contributed by atoms with Crippen LogP contribution < -0.4 is 0 Å². The summed E-state index contributed by atoms with van der Waals surface area (Å²) >= 11 is 0. The zero-order valence-electron chi connectivity index (χ0n) is 20.7. The van der Waals surface area contributed by atoms with E-state index in [1.807, 2.05) is 0 Å². The molecule has 0 heterocycles. The maximum atomic E-state index is 4.54. The van der Waals surface area contributed by atoms with Gasteiger partial charge in [-0.2, -0.15) is 0 Å². The Morgan fingerprint density at radius 2 is 0.824 bits per heavy atom. The Labute approximate surface area is 206 Å². The van der Waals surface area contributed by atoms with E-state index in [1.165, 1.54) is 122 Å². The summed E-state index contributed by atoms with van der Waals surface area (Å²) in [5, 5.41) is 0. The smallest absolute Gasteiger partial charge is 0.0149 e. The van der Waals surface area contributed by atoms with Crippen LogP contribution in [0.15, 0.2) is 73.8 Å². The molecule has 0 radical (unpaired) electrons. The third-order valence-electron chi connectivity index (χ3n) is 8.02. The molecule has 3 aromatic carbocycles. The molecule has 0 nitrogen and oxygen atoms in total. The highest BCUT2D eigenvalue weighted by Crippen LogP contribution is 2.33. The highest BCUT2D eigenvalue weighted by molar-refractivity contribution is 5.84. The fourth-order valence-corrected chi connectivity index (χ4v) is 6.02. The first-order chi connectivity index (χ1) is 16.7. The van der Waals surface area contributed by atoms with Crippen molar-refractivity contribution in [2.75, 3.05) is 0 Å². The van der Waals surface area contributed by atoms with Crippen molar-refractivity contribution in [2.24, 2.45) is 0 Å². The molecule has 0 aromatic heterocycles. The van der Waals surface area contributed by atoms with Crippen LogP contribution in [0.25, 0.3) is 11.1 Å². The van der Waals surface area contributed by atoms with E-state index in [2.05, 4.69) is 73.8 Å². The van der Waals surface area contributed by atoms with Crippen molar-refractivity contribution in [2.45, 2.75) is 77.0 Å². The van der Waals surface area contributed by atoms with E-state index in [-0.39, 0.29) is 0 Å². The Balaban J connectivity index is 1.41. The molecular weight excluding hydrogens is 408 g/mol. The van der Waals surface area contributed by atoms with Gasteiger partial charge >= 0.3 is 0 Å².